The molecule has 1 aromatic rings. The molecule has 0 aromatic heterocycles. The second-order valence-electron chi connectivity index (χ2n) is 5.16. The fraction of sp³-hybridized carbons (Fsp3) is 0.400. The summed E-state index contributed by atoms with van der Waals surface area (Å²) in [6.45, 7) is 5.02. The smallest absolute Gasteiger partial charge is 0.666 e. The van der Waals surface area contributed by atoms with Crippen molar-refractivity contribution in [2.75, 3.05) is 0 Å². The number of benzene rings is 1. The van der Waals surface area contributed by atoms with E-state index in [1.165, 1.54) is 6.92 Å². The van der Waals surface area contributed by atoms with Crippen LogP contribution in [0.2, 0.25) is 0 Å². The molecule has 114 valence electrons. The molecule has 0 heterocycles. The van der Waals surface area contributed by atoms with Crippen LogP contribution in [0.3, 0.4) is 0 Å². The van der Waals surface area contributed by atoms with E-state index in [-0.39, 0.29) is 44.5 Å². The van der Waals surface area contributed by atoms with Gasteiger partial charge in [-0.1, -0.05) is 32.0 Å². The summed E-state index contributed by atoms with van der Waals surface area (Å²) in [5.74, 6) is -1.84. The topological polar surface area (TPSA) is 99.1 Å². The van der Waals surface area contributed by atoms with Gasteiger partial charge in [-0.15, -0.1) is 0 Å². The quantitative estimate of drug-likeness (QED) is 0.784. The van der Waals surface area contributed by atoms with Gasteiger partial charge in [0, 0.05) is 5.56 Å². The first-order valence-corrected chi connectivity index (χ1v) is 6.74. The van der Waals surface area contributed by atoms with Gasteiger partial charge in [0.25, 0.3) is 5.91 Å². The third-order valence-corrected chi connectivity index (χ3v) is 3.02. The van der Waals surface area contributed by atoms with E-state index in [0.29, 0.717) is 5.56 Å². The molecule has 1 aromatic carbocycles. The Labute approximate surface area is 155 Å². The van der Waals surface area contributed by atoms with E-state index in [9.17, 15) is 14.4 Å². The van der Waals surface area contributed by atoms with Crippen LogP contribution in [0, 0.1) is 5.92 Å². The van der Waals surface area contributed by atoms with Crippen LogP contribution in [0.25, 0.3) is 5.73 Å². The van der Waals surface area contributed by atoms with Gasteiger partial charge in [-0.05, 0) is 25.0 Å². The van der Waals surface area contributed by atoms with Crippen molar-refractivity contribution in [3.63, 3.8) is 0 Å². The zero-order chi connectivity index (χ0) is 16.0. The summed E-state index contributed by atoms with van der Waals surface area (Å²) >= 11 is 0. The summed E-state index contributed by atoms with van der Waals surface area (Å²) in [6, 6.07) is 6.92. The van der Waals surface area contributed by atoms with Crippen LogP contribution in [0.1, 0.15) is 31.1 Å². The van der Waals surface area contributed by atoms with E-state index in [4.69, 9.17) is 5.73 Å². The molecule has 0 aliphatic heterocycles. The first-order chi connectivity index (χ1) is 9.82. The van der Waals surface area contributed by atoms with E-state index in [0.717, 1.165) is 0 Å². The van der Waals surface area contributed by atoms with Crippen LogP contribution < -0.4 is 10.6 Å². The van der Waals surface area contributed by atoms with Gasteiger partial charge >= 0.3 is 32.7 Å². The zero-order valence-electron chi connectivity index (χ0n) is 12.9. The molecule has 2 unspecified atom stereocenters. The second kappa shape index (κ2) is 9.69. The molecule has 1 rings (SSSR count). The SMILES string of the molecule is CC(NC(=O)C(NC(=O)c1ccccc1)C(C)C)C([NH-])=O.[Y+3]. The standard InChI is InChI=1S/C15H21N3O3.Y/c1-9(2)12(15(21)17-10(3)13(16)19)18-14(20)11-7-5-4-6-8-11;/h4-10,12H,1-3H3,(H4,16,17,18,19,20,21);/q;+3/p-1. The zero-order valence-corrected chi connectivity index (χ0v) is 15.8. The Bertz CT molecular complexity index is 520. The molecule has 6 nitrogen and oxygen atoms in total. The molecule has 3 amide bonds. The monoisotopic (exact) mass is 379 g/mol. The molecule has 0 bridgehead atoms. The van der Waals surface area contributed by atoms with Crippen molar-refractivity contribution in [2.45, 2.75) is 32.9 Å². The summed E-state index contributed by atoms with van der Waals surface area (Å²) in [4.78, 5) is 35.1. The third kappa shape index (κ3) is 6.24. The van der Waals surface area contributed by atoms with Gasteiger partial charge in [0.1, 0.15) is 6.04 Å². The van der Waals surface area contributed by atoms with E-state index in [2.05, 4.69) is 10.6 Å². The number of amides is 3. The fourth-order valence-electron chi connectivity index (χ4n) is 1.72. The first-order valence-electron chi connectivity index (χ1n) is 6.74. The molecular formula is C15H20N3O3Y+2. The molecule has 7 heteroatoms. The summed E-state index contributed by atoms with van der Waals surface area (Å²) in [5.41, 5.74) is 7.42. The van der Waals surface area contributed by atoms with Gasteiger partial charge in [0.05, 0.1) is 11.9 Å². The van der Waals surface area contributed by atoms with Crippen LogP contribution in [0.4, 0.5) is 0 Å². The van der Waals surface area contributed by atoms with Crippen LogP contribution in [-0.4, -0.2) is 29.8 Å². The van der Waals surface area contributed by atoms with E-state index >= 15 is 0 Å². The maximum absolute atomic E-state index is 12.1. The van der Waals surface area contributed by atoms with Gasteiger partial charge in [0.15, 0.2) is 0 Å². The summed E-state index contributed by atoms with van der Waals surface area (Å²) in [5, 5.41) is 5.08. The molecule has 3 N–H and O–H groups in total. The Hall–Kier alpha value is -1.27. The van der Waals surface area contributed by atoms with Crippen molar-refractivity contribution in [3.8, 4) is 0 Å². The Morgan fingerprint density at radius 3 is 2.00 bits per heavy atom. The Balaban J connectivity index is 0.00000441. The minimum absolute atomic E-state index is 0. The number of rotatable bonds is 6. The molecule has 0 saturated heterocycles. The largest absolute Gasteiger partial charge is 3.00 e. The van der Waals surface area contributed by atoms with Crippen molar-refractivity contribution in [1.82, 2.24) is 10.6 Å². The van der Waals surface area contributed by atoms with Gasteiger partial charge in [-0.3, -0.25) is 9.59 Å². The Kier molecular flexibility index (Phi) is 9.13. The van der Waals surface area contributed by atoms with Crippen LogP contribution in [0.15, 0.2) is 30.3 Å². The number of carbonyl (C=O) groups excluding carboxylic acids is 3. The summed E-state index contributed by atoms with van der Waals surface area (Å²) in [6.07, 6.45) is 0. The minimum Gasteiger partial charge on any atom is -0.666 e. The van der Waals surface area contributed by atoms with Crippen LogP contribution in [-0.2, 0) is 42.3 Å². The van der Waals surface area contributed by atoms with Crippen molar-refractivity contribution >= 4 is 17.7 Å². The van der Waals surface area contributed by atoms with E-state index < -0.39 is 23.9 Å². The molecule has 0 saturated carbocycles. The molecule has 0 aliphatic carbocycles. The number of carbonyl (C=O) groups is 3. The van der Waals surface area contributed by atoms with Crippen molar-refractivity contribution in [2.24, 2.45) is 5.92 Å². The second-order valence-corrected chi connectivity index (χ2v) is 5.16. The van der Waals surface area contributed by atoms with Gasteiger partial charge in [-0.25, -0.2) is 0 Å². The van der Waals surface area contributed by atoms with Gasteiger partial charge in [0.2, 0.25) is 5.91 Å². The molecule has 2 atom stereocenters. The molecule has 22 heavy (non-hydrogen) atoms. The van der Waals surface area contributed by atoms with Crippen molar-refractivity contribution < 1.29 is 47.1 Å². The van der Waals surface area contributed by atoms with Gasteiger partial charge < -0.3 is 21.2 Å². The third-order valence-electron chi connectivity index (χ3n) is 3.02. The number of hydrogen-bond acceptors (Lipinski definition) is 3. The van der Waals surface area contributed by atoms with E-state index in [1.54, 1.807) is 44.2 Å². The fourth-order valence-corrected chi connectivity index (χ4v) is 1.72. The van der Waals surface area contributed by atoms with Crippen molar-refractivity contribution in [1.29, 1.82) is 0 Å². The average Bonchev–Trinajstić information content (AvgIpc) is 2.44. The van der Waals surface area contributed by atoms with Crippen molar-refractivity contribution in [3.05, 3.63) is 41.6 Å². The van der Waals surface area contributed by atoms with E-state index in [1.807, 2.05) is 0 Å². The Morgan fingerprint density at radius 2 is 1.55 bits per heavy atom. The summed E-state index contributed by atoms with van der Waals surface area (Å²) in [7, 11) is 0. The van der Waals surface area contributed by atoms with Crippen LogP contribution in [0.5, 0.6) is 0 Å². The first kappa shape index (κ1) is 20.7. The molecular weight excluding hydrogens is 359 g/mol. The maximum atomic E-state index is 12.1. The minimum atomic E-state index is -0.896. The van der Waals surface area contributed by atoms with Gasteiger partial charge in [-0.2, -0.15) is 0 Å². The molecule has 0 radical (unpaired) electrons. The normalized spacial score (nSPS) is 12.7. The predicted molar refractivity (Wildman–Crippen MR) is 79.5 cm³/mol. The molecule has 0 fully saturated rings. The van der Waals surface area contributed by atoms with Crippen LogP contribution >= 0.6 is 0 Å². The molecule has 0 spiro atoms. The number of nitrogens with one attached hydrogen (secondary N) is 3. The predicted octanol–water partition coefficient (Wildman–Crippen LogP) is 1.52. The number of hydrogen-bond donors (Lipinski definition) is 2. The average molecular weight is 379 g/mol. The molecule has 0 aliphatic rings. The maximum Gasteiger partial charge on any atom is 3.00 e. The Morgan fingerprint density at radius 1 is 1.00 bits per heavy atom. The summed E-state index contributed by atoms with van der Waals surface area (Å²) < 4.78 is 0.